The van der Waals surface area contributed by atoms with Crippen LogP contribution in [-0.2, 0) is 9.63 Å². The maximum Gasteiger partial charge on any atom is 0.248 e. The maximum atomic E-state index is 11.6. The smallest absolute Gasteiger partial charge is 0.248 e. The third-order valence-electron chi connectivity index (χ3n) is 3.47. The average Bonchev–Trinajstić information content (AvgIpc) is 2.44. The molecule has 0 radical (unpaired) electrons. The Morgan fingerprint density at radius 3 is 2.87 bits per heavy atom. The number of hydrogen-bond acceptors (Lipinski definition) is 3. The molecule has 15 heavy (non-hydrogen) atoms. The molecule has 0 aromatic rings. The average molecular weight is 212 g/mol. The van der Waals surface area contributed by atoms with Gasteiger partial charge in [-0.3, -0.25) is 9.63 Å². The van der Waals surface area contributed by atoms with Crippen LogP contribution in [0.25, 0.3) is 0 Å². The quantitative estimate of drug-likeness (QED) is 0.753. The van der Waals surface area contributed by atoms with Crippen molar-refractivity contribution in [2.24, 2.45) is 17.6 Å². The van der Waals surface area contributed by atoms with Crippen molar-refractivity contribution in [2.45, 2.75) is 38.7 Å². The van der Waals surface area contributed by atoms with Crippen LogP contribution < -0.4 is 5.73 Å². The van der Waals surface area contributed by atoms with E-state index in [4.69, 9.17) is 10.6 Å². The van der Waals surface area contributed by atoms with E-state index in [0.717, 1.165) is 0 Å². The molecule has 0 aromatic heterocycles. The first-order valence-electron chi connectivity index (χ1n) is 5.88. The zero-order chi connectivity index (χ0) is 10.8. The van der Waals surface area contributed by atoms with Crippen molar-refractivity contribution < 1.29 is 9.63 Å². The van der Waals surface area contributed by atoms with Gasteiger partial charge in [0.05, 0.1) is 19.1 Å². The van der Waals surface area contributed by atoms with Gasteiger partial charge in [-0.25, -0.2) is 5.06 Å². The number of hydroxylamine groups is 2. The number of amides is 1. The van der Waals surface area contributed by atoms with Crippen molar-refractivity contribution in [2.75, 3.05) is 13.1 Å². The highest BCUT2D eigenvalue weighted by Gasteiger charge is 2.38. The van der Waals surface area contributed by atoms with E-state index in [9.17, 15) is 4.79 Å². The van der Waals surface area contributed by atoms with Crippen LogP contribution in [0.4, 0.5) is 0 Å². The number of nitrogens with two attached hydrogens (primary N) is 1. The summed E-state index contributed by atoms with van der Waals surface area (Å²) in [5.41, 5.74) is 5.53. The zero-order valence-electron chi connectivity index (χ0n) is 9.32. The van der Waals surface area contributed by atoms with Gasteiger partial charge in [-0.1, -0.05) is 13.3 Å². The van der Waals surface area contributed by atoms with Crippen LogP contribution in [0.2, 0.25) is 0 Å². The Balaban J connectivity index is 1.83. The molecule has 0 spiro atoms. The van der Waals surface area contributed by atoms with E-state index >= 15 is 0 Å². The van der Waals surface area contributed by atoms with Gasteiger partial charge < -0.3 is 5.73 Å². The first-order valence-corrected chi connectivity index (χ1v) is 5.88. The van der Waals surface area contributed by atoms with Gasteiger partial charge in [-0.15, -0.1) is 0 Å². The molecule has 4 nitrogen and oxygen atoms in total. The maximum absolute atomic E-state index is 11.6. The number of hydrogen-bond donors (Lipinski definition) is 1. The van der Waals surface area contributed by atoms with E-state index in [0.29, 0.717) is 31.3 Å². The SMILES string of the molecule is CC(CN)CN1OC(C2CCC2)CC1=O. The number of nitrogens with zero attached hydrogens (tertiary/aromatic N) is 1. The lowest BCUT2D eigenvalue weighted by Gasteiger charge is -2.30. The van der Waals surface area contributed by atoms with E-state index in [1.54, 1.807) is 0 Å². The van der Waals surface area contributed by atoms with Crippen molar-refractivity contribution in [1.29, 1.82) is 0 Å². The summed E-state index contributed by atoms with van der Waals surface area (Å²) in [5, 5.41) is 1.53. The number of carbonyl (C=O) groups is 1. The van der Waals surface area contributed by atoms with Gasteiger partial charge in [-0.2, -0.15) is 0 Å². The Hall–Kier alpha value is -0.610. The van der Waals surface area contributed by atoms with Crippen LogP contribution >= 0.6 is 0 Å². The Kier molecular flexibility index (Phi) is 3.26. The Morgan fingerprint density at radius 2 is 2.33 bits per heavy atom. The molecule has 86 valence electrons. The molecule has 2 atom stereocenters. The van der Waals surface area contributed by atoms with Crippen LogP contribution in [0.5, 0.6) is 0 Å². The van der Waals surface area contributed by atoms with E-state index in [1.165, 1.54) is 24.3 Å². The molecule has 1 aliphatic heterocycles. The van der Waals surface area contributed by atoms with Gasteiger partial charge in [0.15, 0.2) is 0 Å². The monoisotopic (exact) mass is 212 g/mol. The first kappa shape index (κ1) is 10.9. The Morgan fingerprint density at radius 1 is 1.60 bits per heavy atom. The highest BCUT2D eigenvalue weighted by molar-refractivity contribution is 5.77. The predicted octanol–water partition coefficient (Wildman–Crippen LogP) is 0.914. The van der Waals surface area contributed by atoms with Gasteiger partial charge in [0.2, 0.25) is 5.91 Å². The number of carbonyl (C=O) groups excluding carboxylic acids is 1. The molecular formula is C11H20N2O2. The second kappa shape index (κ2) is 4.49. The minimum absolute atomic E-state index is 0.132. The van der Waals surface area contributed by atoms with E-state index in [2.05, 4.69) is 0 Å². The topological polar surface area (TPSA) is 55.6 Å². The van der Waals surface area contributed by atoms with Crippen LogP contribution in [0.15, 0.2) is 0 Å². The summed E-state index contributed by atoms with van der Waals surface area (Å²) in [7, 11) is 0. The molecule has 0 bridgehead atoms. The lowest BCUT2D eigenvalue weighted by atomic mass is 9.80. The fourth-order valence-electron chi connectivity index (χ4n) is 2.10. The summed E-state index contributed by atoms with van der Waals surface area (Å²) in [6.45, 7) is 3.27. The fraction of sp³-hybridized carbons (Fsp3) is 0.909. The normalized spacial score (nSPS) is 29.3. The van der Waals surface area contributed by atoms with Crippen LogP contribution in [-0.4, -0.2) is 30.2 Å². The second-order valence-electron chi connectivity index (χ2n) is 4.83. The summed E-state index contributed by atoms with van der Waals surface area (Å²) >= 11 is 0. The van der Waals surface area contributed by atoms with Crippen molar-refractivity contribution in [3.05, 3.63) is 0 Å². The molecule has 4 heteroatoms. The van der Waals surface area contributed by atoms with Gasteiger partial charge in [0.25, 0.3) is 0 Å². The molecular weight excluding hydrogens is 192 g/mol. The molecule has 1 amide bonds. The molecule has 1 saturated carbocycles. The van der Waals surface area contributed by atoms with Crippen molar-refractivity contribution in [1.82, 2.24) is 5.06 Å². The van der Waals surface area contributed by atoms with E-state index in [1.807, 2.05) is 6.92 Å². The van der Waals surface area contributed by atoms with Crippen molar-refractivity contribution in [3.8, 4) is 0 Å². The van der Waals surface area contributed by atoms with Gasteiger partial charge in [0, 0.05) is 0 Å². The molecule has 2 rings (SSSR count). The molecule has 0 aromatic carbocycles. The molecule has 2 unspecified atom stereocenters. The van der Waals surface area contributed by atoms with Crippen LogP contribution in [0.3, 0.4) is 0 Å². The Bertz CT molecular complexity index is 241. The summed E-state index contributed by atoms with van der Waals surface area (Å²) in [4.78, 5) is 17.3. The Labute approximate surface area is 90.7 Å². The van der Waals surface area contributed by atoms with E-state index in [-0.39, 0.29) is 12.0 Å². The van der Waals surface area contributed by atoms with Crippen molar-refractivity contribution in [3.63, 3.8) is 0 Å². The summed E-state index contributed by atoms with van der Waals surface area (Å²) < 4.78 is 0. The minimum Gasteiger partial charge on any atom is -0.330 e. The van der Waals surface area contributed by atoms with Gasteiger partial charge >= 0.3 is 0 Å². The minimum atomic E-state index is 0.132. The van der Waals surface area contributed by atoms with Gasteiger partial charge in [0.1, 0.15) is 0 Å². The second-order valence-corrected chi connectivity index (χ2v) is 4.83. The highest BCUT2D eigenvalue weighted by Crippen LogP contribution is 2.36. The first-order chi connectivity index (χ1) is 7.20. The van der Waals surface area contributed by atoms with Crippen molar-refractivity contribution >= 4 is 5.91 Å². The van der Waals surface area contributed by atoms with Crippen LogP contribution in [0, 0.1) is 11.8 Å². The molecule has 2 N–H and O–H groups in total. The molecule has 1 saturated heterocycles. The highest BCUT2D eigenvalue weighted by atomic mass is 16.7. The standard InChI is InChI=1S/C11H20N2O2/c1-8(6-12)7-13-11(14)5-10(15-13)9-3-2-4-9/h8-10H,2-7,12H2,1H3. The van der Waals surface area contributed by atoms with Crippen LogP contribution in [0.1, 0.15) is 32.6 Å². The van der Waals surface area contributed by atoms with Gasteiger partial charge in [-0.05, 0) is 31.2 Å². The largest absolute Gasteiger partial charge is 0.330 e. The fourth-order valence-corrected chi connectivity index (χ4v) is 2.10. The lowest BCUT2D eigenvalue weighted by Crippen LogP contribution is -2.33. The lowest BCUT2D eigenvalue weighted by molar-refractivity contribution is -0.185. The zero-order valence-corrected chi connectivity index (χ0v) is 9.32. The predicted molar refractivity (Wildman–Crippen MR) is 56.8 cm³/mol. The summed E-state index contributed by atoms with van der Waals surface area (Å²) in [6, 6.07) is 0. The van der Waals surface area contributed by atoms with E-state index < -0.39 is 0 Å². The summed E-state index contributed by atoms with van der Waals surface area (Å²) in [5.74, 6) is 1.06. The molecule has 2 aliphatic rings. The third kappa shape index (κ3) is 2.32. The number of rotatable bonds is 4. The molecule has 1 aliphatic carbocycles. The third-order valence-corrected chi connectivity index (χ3v) is 3.47. The summed E-state index contributed by atoms with van der Waals surface area (Å²) in [6.07, 6.45) is 4.45. The molecule has 1 heterocycles. The molecule has 2 fully saturated rings.